The number of hydrogen-bond acceptors (Lipinski definition) is 3. The molecule has 0 saturated carbocycles. The standard InChI is InChI=1S/C30H31GeN2.C14H26O2.Ir/c1-18-12-23-22-9-8-19(17-30(2,3)4)14-25(22)33-26-16-21(31(5,6)7)15-20-10-11-32-28(27(20)26)24(13-18)29(23)33;1-6-11(7-2)12(15)10-13(16)14(5,8-3)9-4;/h8-12,14-16H,17H2,1-7H3;10-11,16H,6-9H2,1-5H3;/q-1;;/b;13-10-;. The minimum atomic E-state index is -2.06. The molecule has 0 aliphatic carbocycles. The Bertz CT molecular complexity index is 2170. The summed E-state index contributed by atoms with van der Waals surface area (Å²) >= 11 is -2.06. The van der Waals surface area contributed by atoms with Gasteiger partial charge in [0, 0.05) is 37.5 Å². The van der Waals surface area contributed by atoms with E-state index < -0.39 is 13.3 Å². The molecule has 3 aromatic carbocycles. The van der Waals surface area contributed by atoms with Crippen molar-refractivity contribution < 1.29 is 30.0 Å². The molecule has 1 N–H and O–H groups in total. The first-order chi connectivity index (χ1) is 23.0. The maximum absolute atomic E-state index is 11.9. The minimum Gasteiger partial charge on any atom is 0 e. The molecule has 0 bridgehead atoms. The first-order valence-corrected chi connectivity index (χ1v) is 25.7. The second-order valence-corrected chi connectivity index (χ2v) is 27.4. The Hall–Kier alpha value is -2.73. The number of pyridine rings is 2. The molecule has 0 atom stereocenters. The Balaban J connectivity index is 0.000000284. The number of aryl methyl sites for hydroxylation is 1. The Kier molecular flexibility index (Phi) is 12.1. The molecule has 4 nitrogen and oxygen atoms in total. The van der Waals surface area contributed by atoms with Crippen molar-refractivity contribution >= 4 is 72.4 Å². The van der Waals surface area contributed by atoms with Gasteiger partial charge >= 0.3 is 199 Å². The van der Waals surface area contributed by atoms with Crippen LogP contribution < -0.4 is 4.40 Å². The fourth-order valence-corrected chi connectivity index (χ4v) is 9.66. The second-order valence-electron chi connectivity index (χ2n) is 16.7. The van der Waals surface area contributed by atoms with Gasteiger partial charge in [-0.3, -0.25) is 4.79 Å². The third-order valence-corrected chi connectivity index (χ3v) is 15.0. The van der Waals surface area contributed by atoms with Crippen LogP contribution >= 0.6 is 0 Å². The van der Waals surface area contributed by atoms with Gasteiger partial charge in [-0.2, -0.15) is 0 Å². The minimum absolute atomic E-state index is 0. The van der Waals surface area contributed by atoms with E-state index in [9.17, 15) is 9.90 Å². The Morgan fingerprint density at radius 1 is 0.940 bits per heavy atom. The molecular weight excluding hydrogens is 853 g/mol. The second kappa shape index (κ2) is 15.1. The first kappa shape index (κ1) is 40.0. The van der Waals surface area contributed by atoms with Crippen LogP contribution in [0.5, 0.6) is 0 Å². The van der Waals surface area contributed by atoms with Crippen molar-refractivity contribution in [1.82, 2.24) is 9.38 Å². The topological polar surface area (TPSA) is 54.6 Å². The number of aliphatic hydroxyl groups is 1. The van der Waals surface area contributed by atoms with Gasteiger partial charge in [-0.15, -0.1) is 0 Å². The molecule has 0 amide bonds. The quantitative estimate of drug-likeness (QED) is 0.0393. The van der Waals surface area contributed by atoms with Gasteiger partial charge < -0.3 is 5.11 Å². The molecule has 3 heterocycles. The van der Waals surface area contributed by atoms with Crippen LogP contribution in [0.1, 0.15) is 92.2 Å². The van der Waals surface area contributed by atoms with Crippen LogP contribution in [0.15, 0.2) is 60.5 Å². The van der Waals surface area contributed by atoms with Crippen molar-refractivity contribution in [1.29, 1.82) is 0 Å². The number of rotatable bonds is 9. The number of ketones is 1. The molecule has 0 fully saturated rings. The first-order valence-electron chi connectivity index (χ1n) is 18.3. The number of carbonyl (C=O) groups excluding carboxylic acids is 1. The fourth-order valence-electron chi connectivity index (χ4n) is 7.23. The van der Waals surface area contributed by atoms with E-state index in [1.165, 1.54) is 59.7 Å². The molecule has 6 heteroatoms. The summed E-state index contributed by atoms with van der Waals surface area (Å²) in [6.07, 6.45) is 7.87. The Labute approximate surface area is 316 Å². The molecule has 50 heavy (non-hydrogen) atoms. The number of aromatic nitrogens is 2. The number of fused-ring (bicyclic) bond motifs is 5. The summed E-state index contributed by atoms with van der Waals surface area (Å²) in [5, 5.41) is 16.4. The molecule has 1 radical (unpaired) electrons. The van der Waals surface area contributed by atoms with Gasteiger partial charge in [0.05, 0.1) is 0 Å². The van der Waals surface area contributed by atoms with E-state index >= 15 is 0 Å². The molecular formula is C44H57GeIrN2O2-. The molecule has 0 spiro atoms. The van der Waals surface area contributed by atoms with Gasteiger partial charge in [-0.25, -0.2) is 0 Å². The molecule has 0 aliphatic heterocycles. The zero-order valence-electron chi connectivity index (χ0n) is 32.4. The zero-order chi connectivity index (χ0) is 36.1. The van der Waals surface area contributed by atoms with Crippen LogP contribution in [0, 0.1) is 29.7 Å². The molecule has 0 saturated heterocycles. The number of aliphatic hydroxyl groups excluding tert-OH is 1. The van der Waals surface area contributed by atoms with Crippen LogP contribution in [-0.2, 0) is 31.3 Å². The number of hydrogen-bond donors (Lipinski definition) is 1. The predicted molar refractivity (Wildman–Crippen MR) is 215 cm³/mol. The number of nitrogens with zero attached hydrogens (tertiary/aromatic N) is 2. The van der Waals surface area contributed by atoms with Gasteiger partial charge in [-0.05, 0) is 25.7 Å². The van der Waals surface area contributed by atoms with E-state index in [0.29, 0.717) is 0 Å². The van der Waals surface area contributed by atoms with Crippen molar-refractivity contribution in [2.75, 3.05) is 0 Å². The fraction of sp³-hybridized carbons (Fsp3) is 0.455. The monoisotopic (exact) mass is 912 g/mol. The molecule has 269 valence electrons. The maximum atomic E-state index is 11.9. The zero-order valence-corrected chi connectivity index (χ0v) is 36.9. The van der Waals surface area contributed by atoms with E-state index in [-0.39, 0.29) is 48.4 Å². The van der Waals surface area contributed by atoms with Crippen LogP contribution in [-0.4, -0.2) is 33.5 Å². The smallest absolute Gasteiger partial charge is 0 e. The van der Waals surface area contributed by atoms with E-state index in [1.807, 2.05) is 40.8 Å². The van der Waals surface area contributed by atoms with Crippen LogP contribution in [0.3, 0.4) is 0 Å². The van der Waals surface area contributed by atoms with Crippen LogP contribution in [0.25, 0.3) is 49.0 Å². The summed E-state index contributed by atoms with van der Waals surface area (Å²) in [6, 6.07) is 20.2. The molecule has 3 aromatic heterocycles. The largest absolute Gasteiger partial charge is 0 e. The average molecular weight is 911 g/mol. The van der Waals surface area contributed by atoms with Gasteiger partial charge in [0.2, 0.25) is 0 Å². The van der Waals surface area contributed by atoms with Gasteiger partial charge in [-0.1, -0.05) is 34.6 Å². The summed E-state index contributed by atoms with van der Waals surface area (Å²) in [5.41, 5.74) is 7.50. The van der Waals surface area contributed by atoms with Crippen molar-refractivity contribution in [3.63, 3.8) is 0 Å². The Morgan fingerprint density at radius 3 is 2.18 bits per heavy atom. The summed E-state index contributed by atoms with van der Waals surface area (Å²) in [5.74, 6) is 7.81. The van der Waals surface area contributed by atoms with Gasteiger partial charge in [0.15, 0.2) is 5.78 Å². The predicted octanol–water partition coefficient (Wildman–Crippen LogP) is 11.9. The van der Waals surface area contributed by atoms with Crippen LogP contribution in [0.2, 0.25) is 17.3 Å². The van der Waals surface area contributed by atoms with Crippen molar-refractivity contribution in [3.05, 3.63) is 77.7 Å². The van der Waals surface area contributed by atoms with E-state index in [0.717, 1.165) is 43.0 Å². The van der Waals surface area contributed by atoms with Gasteiger partial charge in [0.1, 0.15) is 5.76 Å². The number of carbonyl (C=O) groups is 1. The normalized spacial score (nSPS) is 13.1. The third kappa shape index (κ3) is 7.71. The third-order valence-electron chi connectivity index (χ3n) is 10.8. The molecule has 0 aliphatic rings. The number of allylic oxidation sites excluding steroid dienone is 2. The summed E-state index contributed by atoms with van der Waals surface area (Å²) in [4.78, 5) is 16.8. The summed E-state index contributed by atoms with van der Waals surface area (Å²) in [7, 11) is 0. The van der Waals surface area contributed by atoms with E-state index in [1.54, 1.807) is 0 Å². The van der Waals surface area contributed by atoms with Gasteiger partial charge in [0.25, 0.3) is 0 Å². The van der Waals surface area contributed by atoms with Crippen molar-refractivity contribution in [2.45, 2.75) is 112 Å². The van der Waals surface area contributed by atoms with Crippen molar-refractivity contribution in [3.8, 4) is 0 Å². The number of benzene rings is 3. The van der Waals surface area contributed by atoms with Crippen LogP contribution in [0.4, 0.5) is 0 Å². The molecule has 6 rings (SSSR count). The van der Waals surface area contributed by atoms with E-state index in [2.05, 4.69) is 97.9 Å². The summed E-state index contributed by atoms with van der Waals surface area (Å²) < 4.78 is 4.06. The average Bonchev–Trinajstić information content (AvgIpc) is 3.35. The van der Waals surface area contributed by atoms with E-state index in [4.69, 9.17) is 4.98 Å². The molecule has 6 aromatic rings. The summed E-state index contributed by atoms with van der Waals surface area (Å²) in [6.45, 7) is 19.2. The maximum Gasteiger partial charge on any atom is 0 e. The van der Waals surface area contributed by atoms with Crippen molar-refractivity contribution in [2.24, 2.45) is 16.7 Å². The molecule has 0 unspecified atom stereocenters. The Morgan fingerprint density at radius 2 is 1.60 bits per heavy atom. The SMILES string of the molecule is CCC(CC)C(=O)/C=C(\O)C(C)(CC)CC.Cc1[c-]c2c3nccc4c[c]([Ge]([CH3])([CH3])[CH3])cc(c43)n3c4cc(CC(C)(C)C)ccc4c(c1)c23.[Ir].